The second-order valence-corrected chi connectivity index (χ2v) is 10.9. The van der Waals surface area contributed by atoms with Gasteiger partial charge in [0.25, 0.3) is 0 Å². The van der Waals surface area contributed by atoms with Crippen LogP contribution in [0.4, 0.5) is 34.3 Å². The first-order chi connectivity index (χ1) is 22.3. The summed E-state index contributed by atoms with van der Waals surface area (Å²) in [5.74, 6) is 2.15. The van der Waals surface area contributed by atoms with Gasteiger partial charge in [0.05, 0.1) is 29.4 Å². The lowest BCUT2D eigenvalue weighted by Crippen LogP contribution is -2.23. The molecule has 0 saturated heterocycles. The van der Waals surface area contributed by atoms with Crippen molar-refractivity contribution in [3.8, 4) is 33.8 Å². The molecule has 208 valence electrons. The molecule has 2 aliphatic rings. The smallest absolute Gasteiger partial charge is 0.137 e. The van der Waals surface area contributed by atoms with Crippen molar-refractivity contribution in [2.75, 3.05) is 28.3 Å². The minimum Gasteiger partial charge on any atom is -0.457 e. The number of rotatable bonds is 4. The van der Waals surface area contributed by atoms with Crippen LogP contribution < -0.4 is 19.4 Å². The van der Waals surface area contributed by atoms with Crippen molar-refractivity contribution >= 4 is 34.3 Å². The number of ether oxygens (including phenoxy) is 1. The number of aryl methyl sites for hydroxylation is 1. The number of para-hydroxylation sites is 3. The summed E-state index contributed by atoms with van der Waals surface area (Å²) >= 11 is 0. The normalized spacial score (nSPS) is 14.4. The highest BCUT2D eigenvalue weighted by Crippen LogP contribution is 2.51. The summed E-state index contributed by atoms with van der Waals surface area (Å²) in [5, 5.41) is 0. The van der Waals surface area contributed by atoms with Crippen LogP contribution in [-0.4, -0.2) is 18.6 Å². The van der Waals surface area contributed by atoms with Gasteiger partial charge in [0, 0.05) is 46.2 Å². The van der Waals surface area contributed by atoms with Crippen molar-refractivity contribution in [2.45, 2.75) is 6.92 Å². The quantitative estimate of drug-likeness (QED) is 0.214. The SMILES string of the molecule is [2H]C([2H])([2H])N1CN(c2cccc(Oc3ccc4c(c3)N(c3cc(C)ccn3)c3ccccc3-c3ccccc3-4)c2)c2ccccc21. The summed E-state index contributed by atoms with van der Waals surface area (Å²) in [6.45, 7) is 0.0403. The predicted molar refractivity (Wildman–Crippen MR) is 176 cm³/mol. The monoisotopic (exact) mass is 561 g/mol. The topological polar surface area (TPSA) is 31.8 Å². The van der Waals surface area contributed by atoms with Gasteiger partial charge < -0.3 is 14.5 Å². The van der Waals surface area contributed by atoms with Crippen molar-refractivity contribution in [1.29, 1.82) is 0 Å². The molecular formula is C38H30N4O. The number of fused-ring (bicyclic) bond motifs is 6. The summed E-state index contributed by atoms with van der Waals surface area (Å²) in [4.78, 5) is 10.5. The third-order valence-electron chi connectivity index (χ3n) is 8.10. The molecule has 8 rings (SSSR count). The Morgan fingerprint density at radius 3 is 2.12 bits per heavy atom. The van der Waals surface area contributed by atoms with E-state index < -0.39 is 6.98 Å². The number of pyridine rings is 1. The van der Waals surface area contributed by atoms with E-state index in [0.717, 1.165) is 56.4 Å². The Hall–Kier alpha value is -5.55. The summed E-state index contributed by atoms with van der Waals surface area (Å²) in [6, 6.07) is 42.6. The molecule has 0 N–H and O–H groups in total. The largest absolute Gasteiger partial charge is 0.457 e. The Balaban J connectivity index is 1.21. The molecule has 3 heterocycles. The molecule has 0 amide bonds. The first-order valence-electron chi connectivity index (χ1n) is 15.8. The molecule has 0 radical (unpaired) electrons. The molecule has 1 aromatic heterocycles. The van der Waals surface area contributed by atoms with E-state index >= 15 is 0 Å². The first kappa shape index (κ1) is 22.1. The standard InChI is InChI=1S/C38H30N4O/c1-26-20-21-39-38(22-26)42-34-15-6-5-14-32(34)30-12-3-4-13-31(30)33-19-18-29(24-37(33)42)43-28-11-9-10-27(23-28)41-25-40(2)35-16-7-8-17-36(35)41/h3-24H,25H2,1-2H3/i2D3. The Labute approximate surface area is 256 Å². The third-order valence-corrected chi connectivity index (χ3v) is 8.10. The molecule has 6 aromatic rings. The van der Waals surface area contributed by atoms with Crippen LogP contribution in [0.25, 0.3) is 22.3 Å². The molecule has 5 aromatic carbocycles. The van der Waals surface area contributed by atoms with Gasteiger partial charge in [-0.15, -0.1) is 0 Å². The van der Waals surface area contributed by atoms with Crippen LogP contribution in [0.2, 0.25) is 0 Å². The van der Waals surface area contributed by atoms with Crippen molar-refractivity contribution in [3.05, 3.63) is 139 Å². The molecule has 0 saturated carbocycles. The van der Waals surface area contributed by atoms with Crippen LogP contribution in [0.5, 0.6) is 11.5 Å². The first-order valence-corrected chi connectivity index (χ1v) is 14.3. The second kappa shape index (κ2) is 10.1. The summed E-state index contributed by atoms with van der Waals surface area (Å²) in [5.41, 5.74) is 10.0. The fourth-order valence-electron chi connectivity index (χ4n) is 6.14. The molecule has 0 spiro atoms. The molecule has 0 fully saturated rings. The minimum atomic E-state index is -2.25. The van der Waals surface area contributed by atoms with Crippen molar-refractivity contribution in [3.63, 3.8) is 0 Å². The van der Waals surface area contributed by atoms with E-state index in [0.29, 0.717) is 17.2 Å². The van der Waals surface area contributed by atoms with Crippen molar-refractivity contribution in [1.82, 2.24) is 4.98 Å². The Kier molecular flexibility index (Phi) is 5.17. The van der Waals surface area contributed by atoms with Gasteiger partial charge in [-0.3, -0.25) is 4.90 Å². The zero-order valence-electron chi connectivity index (χ0n) is 26.6. The maximum absolute atomic E-state index is 8.08. The van der Waals surface area contributed by atoms with Gasteiger partial charge in [-0.1, -0.05) is 60.7 Å². The van der Waals surface area contributed by atoms with E-state index in [1.807, 2.05) is 71.8 Å². The second-order valence-electron chi connectivity index (χ2n) is 10.9. The van der Waals surface area contributed by atoms with Crippen molar-refractivity contribution in [2.24, 2.45) is 0 Å². The molecule has 0 bridgehead atoms. The highest BCUT2D eigenvalue weighted by Gasteiger charge is 2.27. The average Bonchev–Trinajstić information content (AvgIpc) is 3.41. The average molecular weight is 562 g/mol. The van der Waals surface area contributed by atoms with Gasteiger partial charge >= 0.3 is 0 Å². The highest BCUT2D eigenvalue weighted by molar-refractivity contribution is 6.02. The Morgan fingerprint density at radius 1 is 0.628 bits per heavy atom. The van der Waals surface area contributed by atoms with E-state index in [9.17, 15) is 0 Å². The molecule has 0 unspecified atom stereocenters. The van der Waals surface area contributed by atoms with Gasteiger partial charge in [0.2, 0.25) is 0 Å². The lowest BCUT2D eigenvalue weighted by atomic mass is 9.95. The van der Waals surface area contributed by atoms with E-state index in [2.05, 4.69) is 78.6 Å². The van der Waals surface area contributed by atoms with Crippen LogP contribution >= 0.6 is 0 Å². The van der Waals surface area contributed by atoms with Crippen molar-refractivity contribution < 1.29 is 8.85 Å². The van der Waals surface area contributed by atoms with E-state index in [1.54, 1.807) is 0 Å². The van der Waals surface area contributed by atoms with Crippen LogP contribution in [0.1, 0.15) is 9.68 Å². The van der Waals surface area contributed by atoms with E-state index in [4.69, 9.17) is 13.8 Å². The zero-order chi connectivity index (χ0) is 31.4. The van der Waals surface area contributed by atoms with E-state index in [1.165, 1.54) is 4.90 Å². The third kappa shape index (κ3) is 4.29. The number of benzene rings is 5. The molecule has 5 heteroatoms. The number of aromatic nitrogens is 1. The summed E-state index contributed by atoms with van der Waals surface area (Å²) in [6.07, 6.45) is 1.85. The number of hydrogen-bond donors (Lipinski definition) is 0. The predicted octanol–water partition coefficient (Wildman–Crippen LogP) is 9.84. The van der Waals surface area contributed by atoms with Gasteiger partial charge in [-0.2, -0.15) is 0 Å². The van der Waals surface area contributed by atoms with Gasteiger partial charge in [0.1, 0.15) is 17.3 Å². The minimum absolute atomic E-state index is 0.218. The van der Waals surface area contributed by atoms with Gasteiger partial charge in [0.15, 0.2) is 0 Å². The highest BCUT2D eigenvalue weighted by atomic mass is 16.5. The fourth-order valence-corrected chi connectivity index (χ4v) is 6.14. The maximum atomic E-state index is 8.08. The zero-order valence-corrected chi connectivity index (χ0v) is 23.6. The number of nitrogens with zero attached hydrogens (tertiary/aromatic N) is 4. The van der Waals surface area contributed by atoms with Gasteiger partial charge in [-0.05, 0) is 78.2 Å². The summed E-state index contributed by atoms with van der Waals surface area (Å²) in [7, 11) is 0. The number of anilines is 6. The summed E-state index contributed by atoms with van der Waals surface area (Å²) < 4.78 is 30.8. The fraction of sp³-hybridized carbons (Fsp3) is 0.0789. The lowest BCUT2D eigenvalue weighted by molar-refractivity contribution is 0.483. The molecule has 0 aliphatic carbocycles. The Morgan fingerprint density at radius 2 is 1.33 bits per heavy atom. The van der Waals surface area contributed by atoms with Crippen LogP contribution in [0.15, 0.2) is 134 Å². The van der Waals surface area contributed by atoms with Crippen LogP contribution in [0, 0.1) is 6.92 Å². The van der Waals surface area contributed by atoms with Crippen LogP contribution in [0.3, 0.4) is 0 Å². The molecular weight excluding hydrogens is 528 g/mol. The lowest BCUT2D eigenvalue weighted by Gasteiger charge is -2.27. The number of hydrogen-bond acceptors (Lipinski definition) is 5. The van der Waals surface area contributed by atoms with Gasteiger partial charge in [-0.25, -0.2) is 4.98 Å². The maximum Gasteiger partial charge on any atom is 0.137 e. The van der Waals surface area contributed by atoms with E-state index in [-0.39, 0.29) is 6.67 Å². The van der Waals surface area contributed by atoms with Crippen LogP contribution in [-0.2, 0) is 0 Å². The molecule has 5 nitrogen and oxygen atoms in total. The molecule has 0 atom stereocenters. The Bertz CT molecular complexity index is 2110. The molecule has 2 aliphatic heterocycles. The molecule has 43 heavy (non-hydrogen) atoms.